The highest BCUT2D eigenvalue weighted by molar-refractivity contribution is 5.92. The smallest absolute Gasteiger partial charge is 0.244 e. The van der Waals surface area contributed by atoms with Crippen LogP contribution in [0.3, 0.4) is 0 Å². The van der Waals surface area contributed by atoms with Crippen LogP contribution in [0.15, 0.2) is 54.6 Å². The largest absolute Gasteiger partial charge is 0.493 e. The summed E-state index contributed by atoms with van der Waals surface area (Å²) >= 11 is 0. The van der Waals surface area contributed by atoms with Crippen molar-refractivity contribution in [2.45, 2.75) is 12.5 Å². The first-order valence-electron chi connectivity index (χ1n) is 7.18. The van der Waals surface area contributed by atoms with Gasteiger partial charge in [-0.15, -0.1) is 0 Å². The highest BCUT2D eigenvalue weighted by Gasteiger charge is 2.21. The van der Waals surface area contributed by atoms with Gasteiger partial charge in [0.05, 0.1) is 12.6 Å². The maximum Gasteiger partial charge on any atom is 0.244 e. The Balaban J connectivity index is 1.66. The van der Waals surface area contributed by atoms with Crippen molar-refractivity contribution >= 4 is 12.0 Å². The lowest BCUT2D eigenvalue weighted by Crippen LogP contribution is -2.30. The summed E-state index contributed by atoms with van der Waals surface area (Å²) in [6.45, 7) is 0.587. The third-order valence-electron chi connectivity index (χ3n) is 3.57. The van der Waals surface area contributed by atoms with E-state index < -0.39 is 0 Å². The quantitative estimate of drug-likeness (QED) is 0.881. The molecule has 0 spiro atoms. The standard InChI is InChI=1S/C18H16FNO2/c19-14-8-5-13(6-9-14)7-10-18(21)20-16-11-12-22-17-4-2-1-3-15(16)17/h1-10,16H,11-12H2,(H,20,21)/b10-7+/t16-/m1/s1. The van der Waals surface area contributed by atoms with Crippen LogP contribution in [0.2, 0.25) is 0 Å². The SMILES string of the molecule is O=C(/C=C/c1ccc(F)cc1)N[C@@H]1CCOc2ccccc21. The summed E-state index contributed by atoms with van der Waals surface area (Å²) in [5, 5.41) is 2.98. The Hall–Kier alpha value is -2.62. The number of halogens is 1. The van der Waals surface area contributed by atoms with E-state index in [9.17, 15) is 9.18 Å². The normalized spacial score (nSPS) is 16.9. The van der Waals surface area contributed by atoms with Crippen molar-refractivity contribution in [1.82, 2.24) is 5.32 Å². The molecule has 0 saturated heterocycles. The third kappa shape index (κ3) is 3.34. The summed E-state index contributed by atoms with van der Waals surface area (Å²) in [7, 11) is 0. The molecule has 0 saturated carbocycles. The Kier molecular flexibility index (Phi) is 4.19. The zero-order chi connectivity index (χ0) is 15.4. The van der Waals surface area contributed by atoms with Gasteiger partial charge in [-0.05, 0) is 29.8 Å². The third-order valence-corrected chi connectivity index (χ3v) is 3.57. The van der Waals surface area contributed by atoms with Gasteiger partial charge in [0.15, 0.2) is 0 Å². The Labute approximate surface area is 128 Å². The maximum absolute atomic E-state index is 12.8. The number of benzene rings is 2. The van der Waals surface area contributed by atoms with E-state index in [0.717, 1.165) is 23.3 Å². The van der Waals surface area contributed by atoms with E-state index in [2.05, 4.69) is 5.32 Å². The molecule has 4 heteroatoms. The van der Waals surface area contributed by atoms with E-state index in [0.29, 0.717) is 6.61 Å². The van der Waals surface area contributed by atoms with Gasteiger partial charge in [-0.1, -0.05) is 30.3 Å². The molecule has 112 valence electrons. The molecule has 1 amide bonds. The molecule has 3 nitrogen and oxygen atoms in total. The molecule has 1 N–H and O–H groups in total. The van der Waals surface area contributed by atoms with E-state index in [1.807, 2.05) is 24.3 Å². The highest BCUT2D eigenvalue weighted by Crippen LogP contribution is 2.31. The Morgan fingerprint density at radius 3 is 2.77 bits per heavy atom. The summed E-state index contributed by atoms with van der Waals surface area (Å²) in [6.07, 6.45) is 3.87. The summed E-state index contributed by atoms with van der Waals surface area (Å²) in [5.41, 5.74) is 1.78. The van der Waals surface area contributed by atoms with Crippen LogP contribution < -0.4 is 10.1 Å². The molecule has 0 aliphatic carbocycles. The predicted octanol–water partition coefficient (Wildman–Crippen LogP) is 3.48. The number of carbonyl (C=O) groups is 1. The lowest BCUT2D eigenvalue weighted by atomic mass is 10.0. The zero-order valence-electron chi connectivity index (χ0n) is 12.0. The van der Waals surface area contributed by atoms with Crippen molar-refractivity contribution in [3.05, 3.63) is 71.6 Å². The van der Waals surface area contributed by atoms with Gasteiger partial charge < -0.3 is 10.1 Å². The van der Waals surface area contributed by atoms with Crippen molar-refractivity contribution in [1.29, 1.82) is 0 Å². The molecule has 1 aliphatic heterocycles. The fourth-order valence-electron chi connectivity index (χ4n) is 2.46. The average molecular weight is 297 g/mol. The first-order valence-corrected chi connectivity index (χ1v) is 7.18. The van der Waals surface area contributed by atoms with Gasteiger partial charge >= 0.3 is 0 Å². The fraction of sp³-hybridized carbons (Fsp3) is 0.167. The Morgan fingerprint density at radius 2 is 1.95 bits per heavy atom. The van der Waals surface area contributed by atoms with Crippen LogP contribution in [-0.4, -0.2) is 12.5 Å². The molecule has 1 atom stereocenters. The van der Waals surface area contributed by atoms with Crippen LogP contribution >= 0.6 is 0 Å². The van der Waals surface area contributed by atoms with Crippen molar-refractivity contribution in [2.24, 2.45) is 0 Å². The van der Waals surface area contributed by atoms with Gasteiger partial charge in [-0.25, -0.2) is 4.39 Å². The van der Waals surface area contributed by atoms with Gasteiger partial charge in [-0.3, -0.25) is 4.79 Å². The van der Waals surface area contributed by atoms with Gasteiger partial charge in [0.25, 0.3) is 0 Å². The first-order chi connectivity index (χ1) is 10.7. The highest BCUT2D eigenvalue weighted by atomic mass is 19.1. The molecule has 22 heavy (non-hydrogen) atoms. The molecule has 0 radical (unpaired) electrons. The second-order valence-electron chi connectivity index (χ2n) is 5.12. The second kappa shape index (κ2) is 6.43. The van der Waals surface area contributed by atoms with E-state index in [4.69, 9.17) is 4.74 Å². The topological polar surface area (TPSA) is 38.3 Å². The van der Waals surface area contributed by atoms with Gasteiger partial charge in [0.2, 0.25) is 5.91 Å². The summed E-state index contributed by atoms with van der Waals surface area (Å²) in [5.74, 6) is 0.355. The number of hydrogen-bond acceptors (Lipinski definition) is 2. The molecule has 2 aromatic carbocycles. The van der Waals surface area contributed by atoms with E-state index in [-0.39, 0.29) is 17.8 Å². The second-order valence-corrected chi connectivity index (χ2v) is 5.12. The number of para-hydroxylation sites is 1. The minimum absolute atomic E-state index is 0.0460. The van der Waals surface area contributed by atoms with Crippen molar-refractivity contribution in [3.8, 4) is 5.75 Å². The average Bonchev–Trinajstić information content (AvgIpc) is 2.55. The molecule has 0 fully saturated rings. The molecule has 3 rings (SSSR count). The molecule has 1 aliphatic rings. The summed E-state index contributed by atoms with van der Waals surface area (Å²) in [6, 6.07) is 13.7. The fourth-order valence-corrected chi connectivity index (χ4v) is 2.46. The number of amides is 1. The number of hydrogen-bond donors (Lipinski definition) is 1. The van der Waals surface area contributed by atoms with Crippen LogP contribution in [0.4, 0.5) is 4.39 Å². The summed E-state index contributed by atoms with van der Waals surface area (Å²) in [4.78, 5) is 12.0. The first kappa shape index (κ1) is 14.3. The van der Waals surface area contributed by atoms with Crippen LogP contribution in [0.1, 0.15) is 23.6 Å². The van der Waals surface area contributed by atoms with Crippen molar-refractivity contribution in [3.63, 3.8) is 0 Å². The lowest BCUT2D eigenvalue weighted by molar-refractivity contribution is -0.117. The van der Waals surface area contributed by atoms with Gasteiger partial charge in [-0.2, -0.15) is 0 Å². The molecular weight excluding hydrogens is 281 g/mol. The van der Waals surface area contributed by atoms with Crippen LogP contribution in [0, 0.1) is 5.82 Å². The van der Waals surface area contributed by atoms with E-state index in [1.54, 1.807) is 18.2 Å². The van der Waals surface area contributed by atoms with Crippen molar-refractivity contribution < 1.29 is 13.9 Å². The molecule has 1 heterocycles. The molecule has 0 aromatic heterocycles. The van der Waals surface area contributed by atoms with Gasteiger partial charge in [0, 0.05) is 18.1 Å². The zero-order valence-corrected chi connectivity index (χ0v) is 12.0. The van der Waals surface area contributed by atoms with Crippen LogP contribution in [0.5, 0.6) is 5.75 Å². The Morgan fingerprint density at radius 1 is 1.18 bits per heavy atom. The van der Waals surface area contributed by atoms with Gasteiger partial charge in [0.1, 0.15) is 11.6 Å². The monoisotopic (exact) mass is 297 g/mol. The number of ether oxygens (including phenoxy) is 1. The van der Waals surface area contributed by atoms with Crippen molar-refractivity contribution in [2.75, 3.05) is 6.61 Å². The number of rotatable bonds is 3. The molecular formula is C18H16FNO2. The van der Waals surface area contributed by atoms with E-state index in [1.165, 1.54) is 18.2 Å². The predicted molar refractivity (Wildman–Crippen MR) is 82.9 cm³/mol. The molecule has 0 unspecified atom stereocenters. The maximum atomic E-state index is 12.8. The number of fused-ring (bicyclic) bond motifs is 1. The van der Waals surface area contributed by atoms with E-state index >= 15 is 0 Å². The summed E-state index contributed by atoms with van der Waals surface area (Å²) < 4.78 is 18.4. The lowest BCUT2D eigenvalue weighted by Gasteiger charge is -2.26. The Bertz CT molecular complexity index is 694. The van der Waals surface area contributed by atoms with Crippen LogP contribution in [0.25, 0.3) is 6.08 Å². The number of nitrogens with one attached hydrogen (secondary N) is 1. The number of carbonyl (C=O) groups excluding carboxylic acids is 1. The van der Waals surface area contributed by atoms with Crippen LogP contribution in [-0.2, 0) is 4.79 Å². The minimum Gasteiger partial charge on any atom is -0.493 e. The molecule has 0 bridgehead atoms. The molecule has 2 aromatic rings. The minimum atomic E-state index is -0.291.